The number of hydrogen-bond donors (Lipinski definition) is 0. The smallest absolute Gasteiger partial charge is 0.327 e. The summed E-state index contributed by atoms with van der Waals surface area (Å²) in [4.78, 5) is 19.6. The number of nitrogens with zero attached hydrogens (tertiary/aromatic N) is 8. The normalized spacial score (nSPS) is 11.0. The lowest BCUT2D eigenvalue weighted by atomic mass is 10.5. The summed E-state index contributed by atoms with van der Waals surface area (Å²) in [7, 11) is 1.31. The van der Waals surface area contributed by atoms with E-state index in [2.05, 4.69) is 35.3 Å². The van der Waals surface area contributed by atoms with Crippen LogP contribution in [0, 0.1) is 6.92 Å². The van der Waals surface area contributed by atoms with Gasteiger partial charge in [0.05, 0.1) is 7.11 Å². The molecule has 3 aromatic rings. The van der Waals surface area contributed by atoms with Crippen molar-refractivity contribution in [1.29, 1.82) is 0 Å². The number of aryl methyl sites for hydroxylation is 1. The van der Waals surface area contributed by atoms with E-state index >= 15 is 0 Å². The molecule has 0 saturated carbocycles. The number of ether oxygens (including phenoxy) is 1. The highest BCUT2D eigenvalue weighted by Gasteiger charge is 2.15. The fourth-order valence-corrected chi connectivity index (χ4v) is 2.53. The van der Waals surface area contributed by atoms with Crippen LogP contribution in [0.3, 0.4) is 0 Å². The molecular weight excluding hydrogens is 296 g/mol. The Morgan fingerprint density at radius 2 is 2.33 bits per heavy atom. The number of methoxy groups -OCH3 is 1. The molecule has 0 unspecified atom stereocenters. The van der Waals surface area contributed by atoms with Gasteiger partial charge in [0.15, 0.2) is 0 Å². The molecule has 0 atom stereocenters. The maximum absolute atomic E-state index is 11.3. The van der Waals surface area contributed by atoms with E-state index in [0.717, 1.165) is 10.7 Å². The topological polar surface area (TPSA) is 113 Å². The number of esters is 1. The SMILES string of the molecule is COC(=O)Cn1nnnc1Sc1cc(C)nc2ncnn12. The Morgan fingerprint density at radius 1 is 1.48 bits per heavy atom. The van der Waals surface area contributed by atoms with Crippen molar-refractivity contribution in [3.05, 3.63) is 18.1 Å². The largest absolute Gasteiger partial charge is 0.468 e. The Kier molecular flexibility index (Phi) is 3.48. The Hall–Kier alpha value is -2.56. The molecule has 0 N–H and O–H groups in total. The van der Waals surface area contributed by atoms with Crippen LogP contribution in [0.5, 0.6) is 0 Å². The van der Waals surface area contributed by atoms with Crippen molar-refractivity contribution in [3.8, 4) is 0 Å². The van der Waals surface area contributed by atoms with Gasteiger partial charge >= 0.3 is 5.97 Å². The lowest BCUT2D eigenvalue weighted by molar-refractivity contribution is -0.141. The zero-order valence-corrected chi connectivity index (χ0v) is 12.0. The Bertz CT molecular complexity index is 797. The van der Waals surface area contributed by atoms with Crippen LogP contribution >= 0.6 is 11.8 Å². The first-order valence-corrected chi connectivity index (χ1v) is 6.67. The highest BCUT2D eigenvalue weighted by molar-refractivity contribution is 7.99. The second-order valence-electron chi connectivity index (χ2n) is 4.00. The van der Waals surface area contributed by atoms with E-state index in [9.17, 15) is 4.79 Å². The summed E-state index contributed by atoms with van der Waals surface area (Å²) in [5.41, 5.74) is 0.796. The third-order valence-electron chi connectivity index (χ3n) is 2.55. The summed E-state index contributed by atoms with van der Waals surface area (Å²) in [5, 5.41) is 16.5. The number of rotatable bonds is 4. The van der Waals surface area contributed by atoms with Gasteiger partial charge in [-0.25, -0.2) is 9.67 Å². The van der Waals surface area contributed by atoms with Gasteiger partial charge in [-0.05, 0) is 35.2 Å². The molecule has 0 aliphatic carbocycles. The van der Waals surface area contributed by atoms with Crippen LogP contribution in [-0.4, -0.2) is 52.9 Å². The number of hydrogen-bond acceptors (Lipinski definition) is 9. The second kappa shape index (κ2) is 5.44. The molecule has 0 bridgehead atoms. The molecule has 0 aromatic carbocycles. The predicted octanol–water partition coefficient (Wildman–Crippen LogP) is -0.257. The number of aromatic nitrogens is 8. The van der Waals surface area contributed by atoms with Gasteiger partial charge in [-0.3, -0.25) is 4.79 Å². The van der Waals surface area contributed by atoms with E-state index in [-0.39, 0.29) is 6.54 Å². The molecule has 11 heteroatoms. The summed E-state index contributed by atoms with van der Waals surface area (Å²) in [6.07, 6.45) is 1.42. The minimum Gasteiger partial charge on any atom is -0.468 e. The van der Waals surface area contributed by atoms with Gasteiger partial charge in [0.1, 0.15) is 17.9 Å². The van der Waals surface area contributed by atoms with E-state index in [1.165, 1.54) is 29.9 Å². The van der Waals surface area contributed by atoms with Gasteiger partial charge < -0.3 is 4.74 Å². The number of fused-ring (bicyclic) bond motifs is 1. The molecule has 0 spiro atoms. The van der Waals surface area contributed by atoms with E-state index < -0.39 is 5.97 Å². The number of tetrazole rings is 1. The summed E-state index contributed by atoms with van der Waals surface area (Å²) in [6.45, 7) is 1.80. The molecule has 3 heterocycles. The fourth-order valence-electron chi connectivity index (χ4n) is 1.62. The lowest BCUT2D eigenvalue weighted by Gasteiger charge is -2.05. The zero-order chi connectivity index (χ0) is 14.8. The van der Waals surface area contributed by atoms with Crippen LogP contribution < -0.4 is 0 Å². The quantitative estimate of drug-likeness (QED) is 0.475. The van der Waals surface area contributed by atoms with E-state index in [0.29, 0.717) is 10.9 Å². The molecule has 21 heavy (non-hydrogen) atoms. The average Bonchev–Trinajstić information content (AvgIpc) is 3.08. The van der Waals surface area contributed by atoms with Crippen molar-refractivity contribution >= 4 is 23.5 Å². The first kappa shape index (κ1) is 13.4. The van der Waals surface area contributed by atoms with Gasteiger partial charge in [0.25, 0.3) is 5.78 Å². The van der Waals surface area contributed by atoms with Crippen molar-refractivity contribution in [2.24, 2.45) is 0 Å². The maximum atomic E-state index is 11.3. The van der Waals surface area contributed by atoms with Gasteiger partial charge in [0, 0.05) is 5.69 Å². The Balaban J connectivity index is 1.94. The van der Waals surface area contributed by atoms with Crippen LogP contribution in [0.2, 0.25) is 0 Å². The molecular formula is C10H10N8O2S. The van der Waals surface area contributed by atoms with Gasteiger partial charge in [-0.15, -0.1) is 5.10 Å². The molecule has 0 radical (unpaired) electrons. The van der Waals surface area contributed by atoms with Crippen LogP contribution in [0.4, 0.5) is 0 Å². The predicted molar refractivity (Wildman–Crippen MR) is 69.5 cm³/mol. The molecule has 0 saturated heterocycles. The molecule has 0 amide bonds. The summed E-state index contributed by atoms with van der Waals surface area (Å²) in [6, 6.07) is 1.84. The summed E-state index contributed by atoms with van der Waals surface area (Å²) >= 11 is 1.26. The number of carbonyl (C=O) groups excluding carboxylic acids is 1. The zero-order valence-electron chi connectivity index (χ0n) is 11.2. The first-order valence-electron chi connectivity index (χ1n) is 5.85. The van der Waals surface area contributed by atoms with Crippen molar-refractivity contribution < 1.29 is 9.53 Å². The van der Waals surface area contributed by atoms with Crippen LogP contribution in [0.1, 0.15) is 5.69 Å². The molecule has 3 aromatic heterocycles. The molecule has 10 nitrogen and oxygen atoms in total. The number of carbonyl (C=O) groups is 1. The lowest BCUT2D eigenvalue weighted by Crippen LogP contribution is -2.14. The van der Waals surface area contributed by atoms with Crippen molar-refractivity contribution in [1.82, 2.24) is 39.8 Å². The fraction of sp³-hybridized carbons (Fsp3) is 0.300. The highest BCUT2D eigenvalue weighted by Crippen LogP contribution is 2.25. The minimum absolute atomic E-state index is 0.0591. The standard InChI is InChI=1S/C10H10N8O2S/c1-6-3-7(18-9(13-6)11-5-12-18)21-10-14-15-16-17(10)4-8(19)20-2/h3,5H,4H2,1-2H3. The average molecular weight is 306 g/mol. The molecule has 0 aliphatic heterocycles. The third-order valence-corrected chi connectivity index (χ3v) is 3.52. The van der Waals surface area contributed by atoms with E-state index in [1.54, 1.807) is 4.52 Å². The molecule has 108 valence electrons. The molecule has 0 aliphatic rings. The summed E-state index contributed by atoms with van der Waals surface area (Å²) < 4.78 is 7.54. The van der Waals surface area contributed by atoms with E-state index in [1.807, 2.05) is 13.0 Å². The first-order chi connectivity index (χ1) is 10.2. The molecule has 0 fully saturated rings. The van der Waals surface area contributed by atoms with Crippen LogP contribution in [-0.2, 0) is 16.1 Å². The third kappa shape index (κ3) is 2.67. The van der Waals surface area contributed by atoms with Crippen molar-refractivity contribution in [2.45, 2.75) is 23.7 Å². The van der Waals surface area contributed by atoms with Crippen LogP contribution in [0.15, 0.2) is 22.6 Å². The van der Waals surface area contributed by atoms with E-state index in [4.69, 9.17) is 0 Å². The van der Waals surface area contributed by atoms with Crippen molar-refractivity contribution in [3.63, 3.8) is 0 Å². The molecule has 3 rings (SSSR count). The van der Waals surface area contributed by atoms with Gasteiger partial charge in [-0.1, -0.05) is 0 Å². The van der Waals surface area contributed by atoms with Crippen molar-refractivity contribution in [2.75, 3.05) is 7.11 Å². The maximum Gasteiger partial charge on any atom is 0.327 e. The Labute approximate surface area is 122 Å². The Morgan fingerprint density at radius 3 is 3.14 bits per heavy atom. The second-order valence-corrected chi connectivity index (χ2v) is 4.99. The minimum atomic E-state index is -0.430. The highest BCUT2D eigenvalue weighted by atomic mass is 32.2. The van der Waals surface area contributed by atoms with Crippen LogP contribution in [0.25, 0.3) is 5.78 Å². The van der Waals surface area contributed by atoms with Gasteiger partial charge in [-0.2, -0.15) is 14.6 Å². The monoisotopic (exact) mass is 306 g/mol. The van der Waals surface area contributed by atoms with Gasteiger partial charge in [0.2, 0.25) is 5.16 Å². The summed E-state index contributed by atoms with van der Waals surface area (Å²) in [5.74, 6) is 0.0606.